The molecule has 2 fully saturated rings. The zero-order valence-electron chi connectivity index (χ0n) is 9.71. The molecule has 0 aromatic heterocycles. The van der Waals surface area contributed by atoms with E-state index in [0.29, 0.717) is 13.1 Å². The van der Waals surface area contributed by atoms with Crippen molar-refractivity contribution in [3.05, 3.63) is 0 Å². The Morgan fingerprint density at radius 1 is 1.24 bits per heavy atom. The molecule has 0 spiro atoms. The molecular weight excluding hydrogens is 244 g/mol. The molecule has 0 radical (unpaired) electrons. The molecule has 0 saturated carbocycles. The van der Waals surface area contributed by atoms with Crippen LogP contribution >= 0.6 is 0 Å². The number of sulfonamides is 1. The molecule has 0 amide bonds. The third kappa shape index (κ3) is 2.97. The van der Waals surface area contributed by atoms with Crippen LogP contribution in [0.2, 0.25) is 0 Å². The van der Waals surface area contributed by atoms with E-state index in [1.54, 1.807) is 0 Å². The molecule has 17 heavy (non-hydrogen) atoms. The van der Waals surface area contributed by atoms with Crippen molar-refractivity contribution in [2.24, 2.45) is 0 Å². The number of hydrogen-bond donors (Lipinski definition) is 1. The maximum atomic E-state index is 11.8. The molecule has 1 unspecified atom stereocenters. The fraction of sp³-hybridized carbons (Fsp3) is 0.900. The largest absolute Gasteiger partial charge is 0.480 e. The second-order valence-corrected chi connectivity index (χ2v) is 6.66. The minimum atomic E-state index is -3.63. The molecule has 1 atom stereocenters. The highest BCUT2D eigenvalue weighted by molar-refractivity contribution is 7.89. The lowest BCUT2D eigenvalue weighted by Gasteiger charge is -2.43. The van der Waals surface area contributed by atoms with Gasteiger partial charge in [0.1, 0.15) is 0 Å². The third-order valence-electron chi connectivity index (χ3n) is 3.50. The highest BCUT2D eigenvalue weighted by Gasteiger charge is 2.35. The Balaban J connectivity index is 2.02. The van der Waals surface area contributed by atoms with E-state index in [-0.39, 0.29) is 6.04 Å². The Kier molecular flexibility index (Phi) is 3.70. The van der Waals surface area contributed by atoms with Crippen LogP contribution in [0.15, 0.2) is 0 Å². The molecule has 0 aliphatic carbocycles. The number of aliphatic carboxylic acids is 1. The average molecular weight is 262 g/mol. The first-order valence-electron chi connectivity index (χ1n) is 5.93. The number of carbonyl (C=O) groups is 1. The van der Waals surface area contributed by atoms with E-state index >= 15 is 0 Å². The monoisotopic (exact) mass is 262 g/mol. The molecular formula is C10H18N2O4S. The summed E-state index contributed by atoms with van der Waals surface area (Å²) in [4.78, 5) is 12.8. The number of piperazine rings is 1. The molecule has 2 saturated heterocycles. The Morgan fingerprint density at radius 3 is 2.71 bits per heavy atom. The lowest BCUT2D eigenvalue weighted by atomic mass is 10.0. The van der Waals surface area contributed by atoms with Crippen LogP contribution in [0.3, 0.4) is 0 Å². The zero-order chi connectivity index (χ0) is 12.5. The molecule has 6 nitrogen and oxygen atoms in total. The molecule has 0 aromatic rings. The van der Waals surface area contributed by atoms with E-state index in [4.69, 9.17) is 5.11 Å². The summed E-state index contributed by atoms with van der Waals surface area (Å²) in [6, 6.07) is 0.279. The van der Waals surface area contributed by atoms with Crippen molar-refractivity contribution in [3.8, 4) is 0 Å². The van der Waals surface area contributed by atoms with Crippen LogP contribution in [0.1, 0.15) is 19.3 Å². The van der Waals surface area contributed by atoms with Gasteiger partial charge in [0, 0.05) is 25.7 Å². The first-order valence-corrected chi connectivity index (χ1v) is 7.53. The number of hydrogen-bond acceptors (Lipinski definition) is 4. The van der Waals surface area contributed by atoms with Gasteiger partial charge in [-0.1, -0.05) is 6.42 Å². The van der Waals surface area contributed by atoms with Crippen molar-refractivity contribution < 1.29 is 18.3 Å². The molecule has 7 heteroatoms. The van der Waals surface area contributed by atoms with Crippen molar-refractivity contribution in [2.75, 3.05) is 31.9 Å². The van der Waals surface area contributed by atoms with Crippen LogP contribution in [0.25, 0.3) is 0 Å². The van der Waals surface area contributed by atoms with Gasteiger partial charge in [0.2, 0.25) is 10.0 Å². The summed E-state index contributed by atoms with van der Waals surface area (Å²) in [7, 11) is -3.63. The number of piperidine rings is 1. The maximum absolute atomic E-state index is 11.8. The van der Waals surface area contributed by atoms with Gasteiger partial charge in [0.15, 0.2) is 5.75 Å². The van der Waals surface area contributed by atoms with Gasteiger partial charge in [-0.3, -0.25) is 9.69 Å². The summed E-state index contributed by atoms with van der Waals surface area (Å²) in [6.45, 7) is 2.64. The van der Waals surface area contributed by atoms with Gasteiger partial charge in [-0.05, 0) is 19.4 Å². The third-order valence-corrected chi connectivity index (χ3v) is 5.23. The summed E-state index contributed by atoms with van der Waals surface area (Å²) in [5, 5.41) is 8.60. The van der Waals surface area contributed by atoms with Crippen molar-refractivity contribution in [1.82, 2.24) is 9.21 Å². The minimum Gasteiger partial charge on any atom is -0.480 e. The molecule has 1 N–H and O–H groups in total. The van der Waals surface area contributed by atoms with E-state index in [0.717, 1.165) is 25.9 Å². The lowest BCUT2D eigenvalue weighted by Crippen LogP contribution is -2.56. The molecule has 2 aliphatic rings. The van der Waals surface area contributed by atoms with Crippen LogP contribution in [0.5, 0.6) is 0 Å². The van der Waals surface area contributed by atoms with Gasteiger partial charge >= 0.3 is 5.97 Å². The van der Waals surface area contributed by atoms with Crippen molar-refractivity contribution in [1.29, 1.82) is 0 Å². The predicted molar refractivity (Wildman–Crippen MR) is 62.2 cm³/mol. The fourth-order valence-corrected chi connectivity index (χ4v) is 3.88. The van der Waals surface area contributed by atoms with Crippen LogP contribution in [0.4, 0.5) is 0 Å². The lowest BCUT2D eigenvalue weighted by molar-refractivity contribution is -0.134. The highest BCUT2D eigenvalue weighted by Crippen LogP contribution is 2.22. The zero-order valence-corrected chi connectivity index (χ0v) is 10.5. The molecule has 0 aromatic carbocycles. The first-order chi connectivity index (χ1) is 7.99. The van der Waals surface area contributed by atoms with Crippen LogP contribution in [-0.4, -0.2) is 66.7 Å². The molecule has 2 aliphatic heterocycles. The van der Waals surface area contributed by atoms with Crippen molar-refractivity contribution in [3.63, 3.8) is 0 Å². The summed E-state index contributed by atoms with van der Waals surface area (Å²) >= 11 is 0. The van der Waals surface area contributed by atoms with Gasteiger partial charge in [-0.25, -0.2) is 8.42 Å². The van der Waals surface area contributed by atoms with Gasteiger partial charge < -0.3 is 5.11 Å². The van der Waals surface area contributed by atoms with E-state index < -0.39 is 21.7 Å². The summed E-state index contributed by atoms with van der Waals surface area (Å²) in [5.41, 5.74) is 0. The molecule has 2 heterocycles. The number of rotatable bonds is 3. The van der Waals surface area contributed by atoms with Crippen LogP contribution in [-0.2, 0) is 14.8 Å². The SMILES string of the molecule is O=C(O)CS(=O)(=O)N1CCN2CCCCC2C1. The number of nitrogens with zero attached hydrogens (tertiary/aromatic N) is 2. The normalized spacial score (nSPS) is 27.6. The molecule has 98 valence electrons. The predicted octanol–water partition coefficient (Wildman–Crippen LogP) is -0.429. The molecule has 2 rings (SSSR count). The summed E-state index contributed by atoms with van der Waals surface area (Å²) in [5.74, 6) is -2.07. The quantitative estimate of drug-likeness (QED) is 0.747. The van der Waals surface area contributed by atoms with Gasteiger partial charge in [0.25, 0.3) is 0 Å². The number of carboxylic acids is 1. The standard InChI is InChI=1S/C10H18N2O4S/c13-10(14)8-17(15,16)12-6-5-11-4-2-1-3-9(11)7-12/h9H,1-8H2,(H,13,14). The van der Waals surface area contributed by atoms with Crippen LogP contribution < -0.4 is 0 Å². The number of carboxylic acid groups (broad SMARTS) is 1. The topological polar surface area (TPSA) is 77.9 Å². The van der Waals surface area contributed by atoms with E-state index in [1.807, 2.05) is 0 Å². The smallest absolute Gasteiger partial charge is 0.320 e. The van der Waals surface area contributed by atoms with Crippen molar-refractivity contribution in [2.45, 2.75) is 25.3 Å². The highest BCUT2D eigenvalue weighted by atomic mass is 32.2. The summed E-state index contributed by atoms with van der Waals surface area (Å²) < 4.78 is 24.9. The van der Waals surface area contributed by atoms with Gasteiger partial charge in [0.05, 0.1) is 0 Å². The average Bonchev–Trinajstić information content (AvgIpc) is 2.26. The first kappa shape index (κ1) is 12.8. The molecule has 0 bridgehead atoms. The van der Waals surface area contributed by atoms with Crippen LogP contribution in [0, 0.1) is 0 Å². The van der Waals surface area contributed by atoms with E-state index in [9.17, 15) is 13.2 Å². The Labute approximate surface area is 101 Å². The van der Waals surface area contributed by atoms with E-state index in [2.05, 4.69) is 4.90 Å². The Bertz CT molecular complexity index is 395. The fourth-order valence-electron chi connectivity index (χ4n) is 2.63. The second-order valence-electron chi connectivity index (χ2n) is 4.69. The number of fused-ring (bicyclic) bond motifs is 1. The minimum absolute atomic E-state index is 0.279. The maximum Gasteiger partial charge on any atom is 0.320 e. The van der Waals surface area contributed by atoms with Gasteiger partial charge in [-0.15, -0.1) is 0 Å². The van der Waals surface area contributed by atoms with Gasteiger partial charge in [-0.2, -0.15) is 4.31 Å². The Hall–Kier alpha value is -0.660. The van der Waals surface area contributed by atoms with E-state index in [1.165, 1.54) is 10.7 Å². The Morgan fingerprint density at radius 2 is 2.00 bits per heavy atom. The summed E-state index contributed by atoms with van der Waals surface area (Å²) in [6.07, 6.45) is 3.32. The van der Waals surface area contributed by atoms with Crippen molar-refractivity contribution >= 4 is 16.0 Å². The second kappa shape index (κ2) is 4.91.